The molecule has 0 atom stereocenters. The van der Waals surface area contributed by atoms with Gasteiger partial charge in [0.05, 0.1) is 0 Å². The molecular formula is C13H22N4. The van der Waals surface area contributed by atoms with Crippen LogP contribution in [0.15, 0.2) is 6.07 Å². The third kappa shape index (κ3) is 3.88. The van der Waals surface area contributed by atoms with E-state index in [1.807, 2.05) is 6.07 Å². The molecule has 0 amide bonds. The van der Waals surface area contributed by atoms with Gasteiger partial charge in [-0.1, -0.05) is 13.8 Å². The van der Waals surface area contributed by atoms with Crippen molar-refractivity contribution >= 4 is 11.6 Å². The van der Waals surface area contributed by atoms with Gasteiger partial charge in [-0.2, -0.15) is 0 Å². The molecule has 1 fully saturated rings. The summed E-state index contributed by atoms with van der Waals surface area (Å²) in [4.78, 5) is 8.97. The lowest BCUT2D eigenvalue weighted by Gasteiger charge is -2.10. The molecule has 0 unspecified atom stereocenters. The largest absolute Gasteiger partial charge is 0.370 e. The molecule has 0 saturated heterocycles. The van der Waals surface area contributed by atoms with Crippen molar-refractivity contribution in [2.45, 2.75) is 39.5 Å². The van der Waals surface area contributed by atoms with Crippen LogP contribution < -0.4 is 10.6 Å². The van der Waals surface area contributed by atoms with E-state index in [1.54, 1.807) is 0 Å². The lowest BCUT2D eigenvalue weighted by atomic mass is 10.4. The van der Waals surface area contributed by atoms with Gasteiger partial charge >= 0.3 is 0 Å². The zero-order chi connectivity index (χ0) is 12.1. The number of hydrogen-bond acceptors (Lipinski definition) is 4. The van der Waals surface area contributed by atoms with Crippen LogP contribution in [0, 0.1) is 5.92 Å². The normalized spacial score (nSPS) is 14.7. The summed E-state index contributed by atoms with van der Waals surface area (Å²) in [7, 11) is 0. The maximum absolute atomic E-state index is 4.50. The lowest BCUT2D eigenvalue weighted by Crippen LogP contribution is -2.10. The van der Waals surface area contributed by atoms with Crippen LogP contribution in [0.1, 0.15) is 38.9 Å². The first-order valence-electron chi connectivity index (χ1n) is 6.67. The first kappa shape index (κ1) is 12.1. The zero-order valence-corrected chi connectivity index (χ0v) is 10.8. The molecule has 2 rings (SSSR count). The molecule has 1 aromatic heterocycles. The van der Waals surface area contributed by atoms with Gasteiger partial charge in [-0.3, -0.25) is 0 Å². The lowest BCUT2D eigenvalue weighted by molar-refractivity contribution is 0.867. The molecule has 94 valence electrons. The molecule has 1 aliphatic carbocycles. The fourth-order valence-electron chi connectivity index (χ4n) is 1.66. The molecule has 0 aromatic carbocycles. The number of anilines is 2. The number of nitrogens with zero attached hydrogens (tertiary/aromatic N) is 2. The Labute approximate surface area is 103 Å². The first-order chi connectivity index (χ1) is 8.31. The van der Waals surface area contributed by atoms with Crippen molar-refractivity contribution in [2.75, 3.05) is 23.7 Å². The van der Waals surface area contributed by atoms with Crippen molar-refractivity contribution in [1.82, 2.24) is 9.97 Å². The number of hydrogen-bond donors (Lipinski definition) is 2. The summed E-state index contributed by atoms with van der Waals surface area (Å²) in [6.45, 7) is 6.25. The van der Waals surface area contributed by atoms with Gasteiger partial charge in [0.2, 0.25) is 0 Å². The fraction of sp³-hybridized carbons (Fsp3) is 0.692. The van der Waals surface area contributed by atoms with Crippen molar-refractivity contribution in [3.05, 3.63) is 11.9 Å². The van der Waals surface area contributed by atoms with Crippen LogP contribution in [0.4, 0.5) is 11.6 Å². The van der Waals surface area contributed by atoms with Crippen LogP contribution >= 0.6 is 0 Å². The van der Waals surface area contributed by atoms with E-state index in [2.05, 4.69) is 34.4 Å². The van der Waals surface area contributed by atoms with Crippen LogP contribution in [0.2, 0.25) is 0 Å². The van der Waals surface area contributed by atoms with Crippen molar-refractivity contribution in [2.24, 2.45) is 5.92 Å². The predicted octanol–water partition coefficient (Wildman–Crippen LogP) is 2.68. The molecule has 0 spiro atoms. The Bertz CT molecular complexity index is 360. The molecule has 0 bridgehead atoms. The predicted molar refractivity (Wildman–Crippen MR) is 71.4 cm³/mol. The first-order valence-corrected chi connectivity index (χ1v) is 6.67. The van der Waals surface area contributed by atoms with E-state index in [4.69, 9.17) is 0 Å². The summed E-state index contributed by atoms with van der Waals surface area (Å²) in [6, 6.07) is 2.01. The molecule has 2 N–H and O–H groups in total. The SMILES string of the molecule is CCCNc1cc(NCC2CC2)nc(CC)n1. The van der Waals surface area contributed by atoms with Crippen LogP contribution in [0.3, 0.4) is 0 Å². The maximum Gasteiger partial charge on any atom is 0.132 e. The molecule has 1 heterocycles. The van der Waals surface area contributed by atoms with E-state index in [0.29, 0.717) is 0 Å². The highest BCUT2D eigenvalue weighted by Gasteiger charge is 2.20. The summed E-state index contributed by atoms with van der Waals surface area (Å²) in [5.41, 5.74) is 0. The smallest absolute Gasteiger partial charge is 0.132 e. The van der Waals surface area contributed by atoms with Gasteiger partial charge in [0, 0.05) is 25.6 Å². The van der Waals surface area contributed by atoms with E-state index < -0.39 is 0 Å². The Morgan fingerprint density at radius 3 is 2.47 bits per heavy atom. The van der Waals surface area contributed by atoms with Crippen LogP contribution in [0.25, 0.3) is 0 Å². The number of aromatic nitrogens is 2. The van der Waals surface area contributed by atoms with E-state index in [9.17, 15) is 0 Å². The molecule has 1 saturated carbocycles. The van der Waals surface area contributed by atoms with Gasteiger partial charge in [-0.05, 0) is 25.2 Å². The van der Waals surface area contributed by atoms with Crippen molar-refractivity contribution in [3.63, 3.8) is 0 Å². The average molecular weight is 234 g/mol. The second-order valence-electron chi connectivity index (χ2n) is 4.66. The molecule has 0 aliphatic heterocycles. The van der Waals surface area contributed by atoms with E-state index in [1.165, 1.54) is 12.8 Å². The monoisotopic (exact) mass is 234 g/mol. The molecule has 1 aromatic rings. The summed E-state index contributed by atoms with van der Waals surface area (Å²) >= 11 is 0. The minimum Gasteiger partial charge on any atom is -0.370 e. The van der Waals surface area contributed by atoms with Gasteiger partial charge in [0.15, 0.2) is 0 Å². The Balaban J connectivity index is 2.00. The van der Waals surface area contributed by atoms with Gasteiger partial charge in [-0.25, -0.2) is 9.97 Å². The standard InChI is InChI=1S/C13H22N4/c1-3-7-14-12-8-13(15-9-10-5-6-10)17-11(4-2)16-12/h8,10H,3-7,9H2,1-2H3,(H2,14,15,16,17). The quantitative estimate of drug-likeness (QED) is 0.761. The molecule has 17 heavy (non-hydrogen) atoms. The molecule has 4 nitrogen and oxygen atoms in total. The summed E-state index contributed by atoms with van der Waals surface area (Å²) in [5.74, 6) is 3.67. The summed E-state index contributed by atoms with van der Waals surface area (Å²) in [6.07, 6.45) is 4.70. The van der Waals surface area contributed by atoms with Crippen LogP contribution in [0.5, 0.6) is 0 Å². The summed E-state index contributed by atoms with van der Waals surface area (Å²) < 4.78 is 0. The maximum atomic E-state index is 4.50. The van der Waals surface area contributed by atoms with Gasteiger partial charge in [0.25, 0.3) is 0 Å². The molecular weight excluding hydrogens is 212 g/mol. The Morgan fingerprint density at radius 2 is 1.88 bits per heavy atom. The van der Waals surface area contributed by atoms with Gasteiger partial charge < -0.3 is 10.6 Å². The van der Waals surface area contributed by atoms with E-state index >= 15 is 0 Å². The molecule has 1 aliphatic rings. The number of aryl methyl sites for hydroxylation is 1. The minimum absolute atomic E-state index is 0.863. The summed E-state index contributed by atoms with van der Waals surface area (Å²) in [5, 5.41) is 6.73. The van der Waals surface area contributed by atoms with E-state index in [0.717, 1.165) is 49.3 Å². The zero-order valence-electron chi connectivity index (χ0n) is 10.8. The third-order valence-corrected chi connectivity index (χ3v) is 2.91. The van der Waals surface area contributed by atoms with Gasteiger partial charge in [0.1, 0.15) is 17.5 Å². The second-order valence-corrected chi connectivity index (χ2v) is 4.66. The van der Waals surface area contributed by atoms with Gasteiger partial charge in [-0.15, -0.1) is 0 Å². The van der Waals surface area contributed by atoms with Crippen molar-refractivity contribution in [3.8, 4) is 0 Å². The Kier molecular flexibility index (Phi) is 4.18. The number of nitrogens with one attached hydrogen (secondary N) is 2. The second kappa shape index (κ2) is 5.84. The van der Waals surface area contributed by atoms with E-state index in [-0.39, 0.29) is 0 Å². The van der Waals surface area contributed by atoms with Crippen molar-refractivity contribution < 1.29 is 0 Å². The average Bonchev–Trinajstić information content (AvgIpc) is 3.17. The van der Waals surface area contributed by atoms with Crippen LogP contribution in [-0.2, 0) is 6.42 Å². The number of rotatable bonds is 7. The highest BCUT2D eigenvalue weighted by atomic mass is 15.1. The Hall–Kier alpha value is -1.32. The third-order valence-electron chi connectivity index (χ3n) is 2.91. The Morgan fingerprint density at radius 1 is 1.18 bits per heavy atom. The fourth-order valence-corrected chi connectivity index (χ4v) is 1.66. The highest BCUT2D eigenvalue weighted by Crippen LogP contribution is 2.28. The topological polar surface area (TPSA) is 49.8 Å². The molecule has 0 radical (unpaired) electrons. The minimum atomic E-state index is 0.863. The van der Waals surface area contributed by atoms with Crippen LogP contribution in [-0.4, -0.2) is 23.1 Å². The molecule has 4 heteroatoms. The van der Waals surface area contributed by atoms with Crippen molar-refractivity contribution in [1.29, 1.82) is 0 Å². The highest BCUT2D eigenvalue weighted by molar-refractivity contribution is 5.47.